The molecule has 0 aromatic heterocycles. The van der Waals surface area contributed by atoms with Gasteiger partial charge in [0.05, 0.1) is 4.92 Å². The van der Waals surface area contributed by atoms with Gasteiger partial charge in [-0.2, -0.15) is 0 Å². The van der Waals surface area contributed by atoms with Gasteiger partial charge in [-0.3, -0.25) is 19.7 Å². The molecular weight excluding hydrogens is 330 g/mol. The first kappa shape index (κ1) is 20.1. The Morgan fingerprint density at radius 3 is 2.32 bits per heavy atom. The first-order chi connectivity index (χ1) is 11.6. The van der Waals surface area contributed by atoms with Crippen LogP contribution in [-0.2, 0) is 14.3 Å². The Kier molecular flexibility index (Phi) is 7.04. The molecule has 9 nitrogen and oxygen atoms in total. The average Bonchev–Trinajstić information content (AvgIpc) is 2.53. The van der Waals surface area contributed by atoms with E-state index < -0.39 is 34.9 Å². The van der Waals surface area contributed by atoms with Crippen molar-refractivity contribution in [3.8, 4) is 0 Å². The fraction of sp³-hybridized carbons (Fsp3) is 0.438. The van der Waals surface area contributed by atoms with E-state index in [1.807, 2.05) is 0 Å². The van der Waals surface area contributed by atoms with E-state index >= 15 is 0 Å². The average molecular weight is 351 g/mol. The highest BCUT2D eigenvalue weighted by Gasteiger charge is 2.24. The van der Waals surface area contributed by atoms with Crippen molar-refractivity contribution in [2.45, 2.75) is 45.9 Å². The first-order valence-corrected chi connectivity index (χ1v) is 7.68. The van der Waals surface area contributed by atoms with Crippen LogP contribution in [0.15, 0.2) is 24.3 Å². The minimum absolute atomic E-state index is 0.0412. The number of hydrogen-bond acceptors (Lipinski definition) is 6. The number of carbonyl (C=O) groups is 3. The van der Waals surface area contributed by atoms with Gasteiger partial charge in [-0.05, 0) is 33.8 Å². The number of ether oxygens (including phenoxy) is 1. The van der Waals surface area contributed by atoms with E-state index in [0.717, 1.165) is 6.07 Å². The smallest absolute Gasteiger partial charge is 0.329 e. The van der Waals surface area contributed by atoms with Gasteiger partial charge in [0.1, 0.15) is 6.04 Å². The van der Waals surface area contributed by atoms with Gasteiger partial charge in [0.15, 0.2) is 6.10 Å². The summed E-state index contributed by atoms with van der Waals surface area (Å²) in [6.07, 6.45) is -1.01. The molecule has 1 rings (SSSR count). The fourth-order valence-electron chi connectivity index (χ4n) is 1.83. The molecule has 0 radical (unpaired) electrons. The summed E-state index contributed by atoms with van der Waals surface area (Å²) in [4.78, 5) is 45.9. The van der Waals surface area contributed by atoms with E-state index in [9.17, 15) is 24.5 Å². The molecule has 9 heteroatoms. The molecule has 2 N–H and O–H groups in total. The molecule has 1 aromatic carbocycles. The lowest BCUT2D eigenvalue weighted by Gasteiger charge is -2.18. The molecule has 0 spiro atoms. The highest BCUT2D eigenvalue weighted by molar-refractivity contribution is 5.97. The SMILES string of the molecule is CC(C)NC(=O)C(C)OC(=O)C(C)NC(=O)c1cccc([N+](=O)[O-])c1. The quantitative estimate of drug-likeness (QED) is 0.431. The summed E-state index contributed by atoms with van der Waals surface area (Å²) in [5.41, 5.74) is -0.193. The maximum Gasteiger partial charge on any atom is 0.329 e. The summed E-state index contributed by atoms with van der Waals surface area (Å²) in [7, 11) is 0. The maximum absolute atomic E-state index is 12.1. The lowest BCUT2D eigenvalue weighted by atomic mass is 10.2. The number of nitro benzene ring substituents is 1. The Morgan fingerprint density at radius 1 is 1.12 bits per heavy atom. The van der Waals surface area contributed by atoms with Crippen LogP contribution in [0, 0.1) is 10.1 Å². The van der Waals surface area contributed by atoms with Crippen LogP contribution in [0.3, 0.4) is 0 Å². The molecule has 0 aliphatic rings. The number of rotatable bonds is 7. The number of nitro groups is 1. The second-order valence-electron chi connectivity index (χ2n) is 5.74. The molecule has 0 bridgehead atoms. The Morgan fingerprint density at radius 2 is 1.76 bits per heavy atom. The van der Waals surface area contributed by atoms with Gasteiger partial charge in [0.25, 0.3) is 17.5 Å². The Hall–Kier alpha value is -2.97. The number of carbonyl (C=O) groups excluding carboxylic acids is 3. The molecule has 0 heterocycles. The second-order valence-corrected chi connectivity index (χ2v) is 5.74. The molecule has 2 atom stereocenters. The number of non-ortho nitro benzene ring substituents is 1. The van der Waals surface area contributed by atoms with E-state index in [2.05, 4.69) is 10.6 Å². The van der Waals surface area contributed by atoms with Crippen molar-refractivity contribution in [2.75, 3.05) is 0 Å². The standard InChI is InChI=1S/C16H21N3O6/c1-9(2)17-14(20)11(4)25-16(22)10(3)18-15(21)12-6-5-7-13(8-12)19(23)24/h5-11H,1-4H3,(H,17,20)(H,18,21). The number of esters is 1. The van der Waals surface area contributed by atoms with E-state index in [-0.39, 0.29) is 17.3 Å². The minimum Gasteiger partial charge on any atom is -0.451 e. The van der Waals surface area contributed by atoms with Crippen LogP contribution in [-0.4, -0.2) is 40.9 Å². The van der Waals surface area contributed by atoms with Gasteiger partial charge in [0.2, 0.25) is 0 Å². The summed E-state index contributed by atoms with van der Waals surface area (Å²) < 4.78 is 5.00. The van der Waals surface area contributed by atoms with Crippen LogP contribution >= 0.6 is 0 Å². The summed E-state index contributed by atoms with van der Waals surface area (Å²) in [5, 5.41) is 15.7. The predicted octanol–water partition coefficient (Wildman–Crippen LogP) is 1.17. The van der Waals surface area contributed by atoms with Gasteiger partial charge in [0, 0.05) is 23.7 Å². The predicted molar refractivity (Wildman–Crippen MR) is 88.9 cm³/mol. The van der Waals surface area contributed by atoms with Gasteiger partial charge in [-0.1, -0.05) is 6.07 Å². The molecule has 2 unspecified atom stereocenters. The zero-order valence-corrected chi connectivity index (χ0v) is 14.4. The Balaban J connectivity index is 2.65. The molecule has 1 aromatic rings. The molecule has 2 amide bonds. The van der Waals surface area contributed by atoms with Gasteiger partial charge in [-0.15, -0.1) is 0 Å². The lowest BCUT2D eigenvalue weighted by molar-refractivity contribution is -0.384. The lowest BCUT2D eigenvalue weighted by Crippen LogP contribution is -2.44. The number of amides is 2. The van der Waals surface area contributed by atoms with Crippen molar-refractivity contribution in [2.24, 2.45) is 0 Å². The molecule has 0 aliphatic heterocycles. The van der Waals surface area contributed by atoms with Crippen molar-refractivity contribution in [3.05, 3.63) is 39.9 Å². The van der Waals surface area contributed by atoms with Gasteiger partial charge in [-0.25, -0.2) is 4.79 Å². The maximum atomic E-state index is 12.1. The highest BCUT2D eigenvalue weighted by Crippen LogP contribution is 2.13. The first-order valence-electron chi connectivity index (χ1n) is 7.68. The minimum atomic E-state index is -1.03. The second kappa shape index (κ2) is 8.76. The van der Waals surface area contributed by atoms with E-state index in [1.54, 1.807) is 13.8 Å². The summed E-state index contributed by atoms with van der Waals surface area (Å²) in [6, 6.07) is 3.99. The van der Waals surface area contributed by atoms with Crippen molar-refractivity contribution in [3.63, 3.8) is 0 Å². The molecule has 0 fully saturated rings. The fourth-order valence-corrected chi connectivity index (χ4v) is 1.83. The zero-order chi connectivity index (χ0) is 19.1. The van der Waals surface area contributed by atoms with Crippen LogP contribution in [0.5, 0.6) is 0 Å². The topological polar surface area (TPSA) is 128 Å². The Labute approximate surface area is 144 Å². The van der Waals surface area contributed by atoms with Crippen LogP contribution < -0.4 is 10.6 Å². The molecule has 0 saturated heterocycles. The van der Waals surface area contributed by atoms with E-state index in [4.69, 9.17) is 4.74 Å². The molecule has 0 saturated carbocycles. The summed E-state index contributed by atoms with van der Waals surface area (Å²) >= 11 is 0. The van der Waals surface area contributed by atoms with Crippen LogP contribution in [0.1, 0.15) is 38.1 Å². The number of hydrogen-bond donors (Lipinski definition) is 2. The van der Waals surface area contributed by atoms with Gasteiger partial charge < -0.3 is 15.4 Å². The molecule has 25 heavy (non-hydrogen) atoms. The monoisotopic (exact) mass is 351 g/mol. The largest absolute Gasteiger partial charge is 0.451 e. The molecule has 0 aliphatic carbocycles. The van der Waals surface area contributed by atoms with Crippen molar-refractivity contribution in [1.82, 2.24) is 10.6 Å². The molecular formula is C16H21N3O6. The van der Waals surface area contributed by atoms with E-state index in [0.29, 0.717) is 0 Å². The van der Waals surface area contributed by atoms with Crippen LogP contribution in [0.4, 0.5) is 5.69 Å². The summed E-state index contributed by atoms with van der Waals surface area (Å²) in [6.45, 7) is 6.36. The number of nitrogens with zero attached hydrogens (tertiary/aromatic N) is 1. The van der Waals surface area contributed by atoms with Crippen LogP contribution in [0.25, 0.3) is 0 Å². The van der Waals surface area contributed by atoms with Crippen molar-refractivity contribution < 1.29 is 24.0 Å². The van der Waals surface area contributed by atoms with Crippen molar-refractivity contribution >= 4 is 23.5 Å². The third-order valence-electron chi connectivity index (χ3n) is 3.11. The third kappa shape index (κ3) is 6.21. The van der Waals surface area contributed by atoms with Gasteiger partial charge >= 0.3 is 5.97 Å². The zero-order valence-electron chi connectivity index (χ0n) is 14.4. The van der Waals surface area contributed by atoms with Crippen molar-refractivity contribution in [1.29, 1.82) is 0 Å². The third-order valence-corrected chi connectivity index (χ3v) is 3.11. The number of nitrogens with one attached hydrogen (secondary N) is 2. The Bertz CT molecular complexity index is 674. The van der Waals surface area contributed by atoms with E-state index in [1.165, 1.54) is 32.0 Å². The number of benzene rings is 1. The molecule has 136 valence electrons. The van der Waals surface area contributed by atoms with Crippen LogP contribution in [0.2, 0.25) is 0 Å². The highest BCUT2D eigenvalue weighted by atomic mass is 16.6. The summed E-state index contributed by atoms with van der Waals surface area (Å²) in [5.74, 6) is -1.89. The normalized spacial score (nSPS) is 12.8.